The van der Waals surface area contributed by atoms with E-state index in [1.165, 1.54) is 6.42 Å². The number of aromatic nitrogens is 5. The topological polar surface area (TPSA) is 85.6 Å². The van der Waals surface area contributed by atoms with Gasteiger partial charge in [-0.3, -0.25) is 19.8 Å². The molecule has 126 valence electrons. The molecule has 3 aromatic rings. The van der Waals surface area contributed by atoms with E-state index in [4.69, 9.17) is 0 Å². The van der Waals surface area contributed by atoms with Crippen LogP contribution in [0.1, 0.15) is 41.4 Å². The van der Waals surface area contributed by atoms with Gasteiger partial charge in [-0.25, -0.2) is 9.97 Å². The van der Waals surface area contributed by atoms with E-state index >= 15 is 0 Å². The van der Waals surface area contributed by atoms with Crippen LogP contribution in [0.15, 0.2) is 42.9 Å². The molecule has 0 aliphatic heterocycles. The highest BCUT2D eigenvalue weighted by Crippen LogP contribution is 2.35. The Morgan fingerprint density at radius 1 is 1.20 bits per heavy atom. The Hall–Kier alpha value is -3.09. The van der Waals surface area contributed by atoms with Gasteiger partial charge in [0.05, 0.1) is 5.69 Å². The first-order chi connectivity index (χ1) is 12.2. The molecule has 0 saturated heterocycles. The third kappa shape index (κ3) is 3.13. The third-order valence-electron chi connectivity index (χ3n) is 4.51. The van der Waals surface area contributed by atoms with Crippen molar-refractivity contribution in [1.82, 2.24) is 24.7 Å². The molecule has 0 atom stereocenters. The van der Waals surface area contributed by atoms with Gasteiger partial charge in [-0.2, -0.15) is 5.10 Å². The number of rotatable bonds is 4. The number of nitrogens with one attached hydrogen (secondary N) is 1. The summed E-state index contributed by atoms with van der Waals surface area (Å²) in [6, 6.07) is 7.38. The van der Waals surface area contributed by atoms with Crippen LogP contribution in [0.2, 0.25) is 0 Å². The van der Waals surface area contributed by atoms with Crippen molar-refractivity contribution < 1.29 is 4.79 Å². The number of aryl methyl sites for hydroxylation is 1. The normalized spacial score (nSPS) is 14.1. The van der Waals surface area contributed by atoms with Gasteiger partial charge < -0.3 is 0 Å². The van der Waals surface area contributed by atoms with Gasteiger partial charge in [0.2, 0.25) is 5.95 Å². The van der Waals surface area contributed by atoms with E-state index in [0.29, 0.717) is 17.6 Å². The van der Waals surface area contributed by atoms with E-state index in [1.54, 1.807) is 36.4 Å². The van der Waals surface area contributed by atoms with Gasteiger partial charge in [-0.1, -0.05) is 6.42 Å². The second-order valence-electron chi connectivity index (χ2n) is 6.16. The number of pyridine rings is 1. The summed E-state index contributed by atoms with van der Waals surface area (Å²) in [4.78, 5) is 25.2. The fourth-order valence-corrected chi connectivity index (χ4v) is 2.87. The van der Waals surface area contributed by atoms with Crippen molar-refractivity contribution in [3.63, 3.8) is 0 Å². The lowest BCUT2D eigenvalue weighted by atomic mass is 9.83. The molecule has 0 bridgehead atoms. The Balaban J connectivity index is 1.54. The van der Waals surface area contributed by atoms with Crippen molar-refractivity contribution in [2.45, 2.75) is 25.2 Å². The van der Waals surface area contributed by atoms with Gasteiger partial charge in [0.25, 0.3) is 5.91 Å². The molecule has 1 N–H and O–H groups in total. The highest BCUT2D eigenvalue weighted by atomic mass is 16.2. The predicted octanol–water partition coefficient (Wildman–Crippen LogP) is 2.79. The van der Waals surface area contributed by atoms with Crippen LogP contribution < -0.4 is 5.32 Å². The van der Waals surface area contributed by atoms with E-state index in [9.17, 15) is 4.79 Å². The van der Waals surface area contributed by atoms with E-state index in [-0.39, 0.29) is 5.91 Å². The van der Waals surface area contributed by atoms with Crippen LogP contribution in [0.5, 0.6) is 0 Å². The number of nitrogens with zero attached hydrogens (tertiary/aromatic N) is 5. The fraction of sp³-hybridized carbons (Fsp3) is 0.278. The first-order valence-electron chi connectivity index (χ1n) is 8.29. The number of hydrogen-bond donors (Lipinski definition) is 1. The van der Waals surface area contributed by atoms with Gasteiger partial charge in [0, 0.05) is 42.8 Å². The van der Waals surface area contributed by atoms with Crippen molar-refractivity contribution in [3.8, 4) is 11.3 Å². The lowest BCUT2D eigenvalue weighted by molar-refractivity contribution is 0.101. The summed E-state index contributed by atoms with van der Waals surface area (Å²) in [5.74, 6) is 0.552. The van der Waals surface area contributed by atoms with Gasteiger partial charge in [0.1, 0.15) is 5.69 Å². The maximum absolute atomic E-state index is 12.6. The molecule has 1 aliphatic carbocycles. The monoisotopic (exact) mass is 334 g/mol. The number of carbonyl (C=O) groups is 1. The molecule has 1 aliphatic rings. The SMILES string of the molecule is Cn1nc(-c2ccncc2)cc1C(=O)Nc1nccc(C2CCC2)n1. The number of amides is 1. The Labute approximate surface area is 145 Å². The van der Waals surface area contributed by atoms with E-state index in [0.717, 1.165) is 29.8 Å². The zero-order valence-corrected chi connectivity index (χ0v) is 13.9. The second-order valence-corrected chi connectivity index (χ2v) is 6.16. The summed E-state index contributed by atoms with van der Waals surface area (Å²) in [6.45, 7) is 0. The van der Waals surface area contributed by atoms with Crippen LogP contribution in [0, 0.1) is 0 Å². The predicted molar refractivity (Wildman–Crippen MR) is 93.0 cm³/mol. The summed E-state index contributed by atoms with van der Waals surface area (Å²) >= 11 is 0. The lowest BCUT2D eigenvalue weighted by Gasteiger charge is -2.24. The van der Waals surface area contributed by atoms with E-state index in [2.05, 4.69) is 25.4 Å². The molecule has 0 spiro atoms. The maximum atomic E-state index is 12.6. The Morgan fingerprint density at radius 3 is 2.72 bits per heavy atom. The molecule has 7 nitrogen and oxygen atoms in total. The van der Waals surface area contributed by atoms with Crippen LogP contribution >= 0.6 is 0 Å². The summed E-state index contributed by atoms with van der Waals surface area (Å²) in [6.07, 6.45) is 8.64. The van der Waals surface area contributed by atoms with Gasteiger partial charge in [-0.15, -0.1) is 0 Å². The summed E-state index contributed by atoms with van der Waals surface area (Å²) in [5, 5.41) is 7.17. The molecular formula is C18H18N6O. The summed E-state index contributed by atoms with van der Waals surface area (Å²) in [7, 11) is 1.74. The minimum atomic E-state index is -0.277. The molecule has 3 heterocycles. The quantitative estimate of drug-likeness (QED) is 0.793. The first kappa shape index (κ1) is 15.4. The Morgan fingerprint density at radius 2 is 2.00 bits per heavy atom. The first-order valence-corrected chi connectivity index (χ1v) is 8.29. The summed E-state index contributed by atoms with van der Waals surface area (Å²) in [5.41, 5.74) is 3.08. The van der Waals surface area contributed by atoms with Crippen molar-refractivity contribution in [2.24, 2.45) is 7.05 Å². The number of anilines is 1. The molecule has 1 saturated carbocycles. The van der Waals surface area contributed by atoms with Crippen LogP contribution in [-0.2, 0) is 7.05 Å². The van der Waals surface area contributed by atoms with E-state index < -0.39 is 0 Å². The average Bonchev–Trinajstić information content (AvgIpc) is 2.96. The van der Waals surface area contributed by atoms with Gasteiger partial charge >= 0.3 is 0 Å². The maximum Gasteiger partial charge on any atom is 0.276 e. The smallest absolute Gasteiger partial charge is 0.276 e. The highest BCUT2D eigenvalue weighted by molar-refractivity contribution is 6.02. The van der Waals surface area contributed by atoms with Crippen molar-refractivity contribution in [1.29, 1.82) is 0 Å². The van der Waals surface area contributed by atoms with Crippen molar-refractivity contribution in [2.75, 3.05) is 5.32 Å². The molecule has 7 heteroatoms. The van der Waals surface area contributed by atoms with Gasteiger partial charge in [0.15, 0.2) is 0 Å². The van der Waals surface area contributed by atoms with Crippen LogP contribution in [0.3, 0.4) is 0 Å². The number of carbonyl (C=O) groups excluding carboxylic acids is 1. The molecule has 0 unspecified atom stereocenters. The highest BCUT2D eigenvalue weighted by Gasteiger charge is 2.22. The van der Waals surface area contributed by atoms with E-state index in [1.807, 2.05) is 18.2 Å². The molecule has 0 aromatic carbocycles. The largest absolute Gasteiger partial charge is 0.289 e. The van der Waals surface area contributed by atoms with Gasteiger partial charge in [-0.05, 0) is 37.1 Å². The molecule has 1 fully saturated rings. The molecule has 0 radical (unpaired) electrons. The summed E-state index contributed by atoms with van der Waals surface area (Å²) < 4.78 is 1.56. The standard InChI is InChI=1S/C18H18N6O/c1-24-16(11-15(23-24)13-5-8-19-9-6-13)17(25)22-18-20-10-7-14(21-18)12-3-2-4-12/h5-12H,2-4H2,1H3,(H,20,21,22,25). The van der Waals surface area contributed by atoms with Crippen molar-refractivity contribution in [3.05, 3.63) is 54.2 Å². The Bertz CT molecular complexity index is 901. The molecule has 1 amide bonds. The molecule has 4 rings (SSSR count). The zero-order chi connectivity index (χ0) is 17.2. The number of hydrogen-bond acceptors (Lipinski definition) is 5. The second kappa shape index (κ2) is 6.43. The van der Waals surface area contributed by atoms with Crippen LogP contribution in [-0.4, -0.2) is 30.6 Å². The zero-order valence-electron chi connectivity index (χ0n) is 13.9. The fourth-order valence-electron chi connectivity index (χ4n) is 2.87. The minimum absolute atomic E-state index is 0.277. The third-order valence-corrected chi connectivity index (χ3v) is 4.51. The molecule has 25 heavy (non-hydrogen) atoms. The lowest BCUT2D eigenvalue weighted by Crippen LogP contribution is -2.19. The van der Waals surface area contributed by atoms with Crippen LogP contribution in [0.4, 0.5) is 5.95 Å². The van der Waals surface area contributed by atoms with Crippen molar-refractivity contribution >= 4 is 11.9 Å². The average molecular weight is 334 g/mol. The molecular weight excluding hydrogens is 316 g/mol. The molecule has 3 aromatic heterocycles. The van der Waals surface area contributed by atoms with Crippen LogP contribution in [0.25, 0.3) is 11.3 Å². The minimum Gasteiger partial charge on any atom is -0.289 e. The Kier molecular flexibility index (Phi) is 3.97.